The first-order valence-electron chi connectivity index (χ1n) is 7.24. The minimum absolute atomic E-state index is 0.0277. The van der Waals surface area contributed by atoms with Crippen molar-refractivity contribution in [2.75, 3.05) is 13.1 Å². The first kappa shape index (κ1) is 16.0. The number of amides is 1. The predicted molar refractivity (Wildman–Crippen MR) is 73.5 cm³/mol. The summed E-state index contributed by atoms with van der Waals surface area (Å²) < 4.78 is 0. The Bertz CT molecular complexity index is 307. The average Bonchev–Trinajstić information content (AvgIpc) is 2.82. The molecule has 1 aliphatic carbocycles. The number of aliphatic carboxylic acids is 1. The maximum Gasteiger partial charge on any atom is 0.306 e. The van der Waals surface area contributed by atoms with E-state index in [2.05, 4.69) is 12.2 Å². The smallest absolute Gasteiger partial charge is 0.306 e. The van der Waals surface area contributed by atoms with Crippen LogP contribution in [0.4, 0.5) is 0 Å². The molecule has 1 saturated carbocycles. The highest BCUT2D eigenvalue weighted by molar-refractivity contribution is 5.76. The number of hydrogen-bond donors (Lipinski definition) is 3. The van der Waals surface area contributed by atoms with E-state index in [1.807, 2.05) is 0 Å². The number of carbonyl (C=O) groups excluding carboxylic acids is 1. The van der Waals surface area contributed by atoms with Crippen molar-refractivity contribution in [2.24, 2.45) is 23.5 Å². The van der Waals surface area contributed by atoms with E-state index < -0.39 is 5.97 Å². The van der Waals surface area contributed by atoms with Crippen molar-refractivity contribution in [1.29, 1.82) is 0 Å². The van der Waals surface area contributed by atoms with Gasteiger partial charge in [0, 0.05) is 13.0 Å². The molecule has 4 N–H and O–H groups in total. The second-order valence-corrected chi connectivity index (χ2v) is 5.66. The van der Waals surface area contributed by atoms with E-state index in [4.69, 9.17) is 10.8 Å². The molecule has 3 atom stereocenters. The summed E-state index contributed by atoms with van der Waals surface area (Å²) in [5.41, 5.74) is 5.46. The van der Waals surface area contributed by atoms with Gasteiger partial charge in [-0.3, -0.25) is 9.59 Å². The minimum Gasteiger partial charge on any atom is -0.481 e. The molecular weight excluding hydrogens is 244 g/mol. The Hall–Kier alpha value is -1.10. The predicted octanol–water partition coefficient (Wildman–Crippen LogP) is 1.37. The molecule has 0 bridgehead atoms. The molecule has 1 aliphatic rings. The molecule has 1 rings (SSSR count). The molecular formula is C14H26N2O3. The number of hydrogen-bond acceptors (Lipinski definition) is 3. The standard InChI is InChI=1S/C14H26N2O3/c1-10(7-8-15)5-6-13(17)16-9-11-3-2-4-12(11)14(18)19/h10-12H,2-9,15H2,1H3,(H,16,17)(H,18,19). The Kier molecular flexibility index (Phi) is 6.84. The first-order chi connectivity index (χ1) is 9.04. The lowest BCUT2D eigenvalue weighted by atomic mass is 9.96. The van der Waals surface area contributed by atoms with Gasteiger partial charge in [-0.2, -0.15) is 0 Å². The molecule has 0 saturated heterocycles. The zero-order chi connectivity index (χ0) is 14.3. The molecule has 5 nitrogen and oxygen atoms in total. The largest absolute Gasteiger partial charge is 0.481 e. The Balaban J connectivity index is 2.21. The van der Waals surface area contributed by atoms with Crippen LogP contribution in [0, 0.1) is 17.8 Å². The van der Waals surface area contributed by atoms with E-state index >= 15 is 0 Å². The maximum absolute atomic E-state index is 11.7. The number of nitrogens with one attached hydrogen (secondary N) is 1. The molecule has 0 aromatic heterocycles. The van der Waals surface area contributed by atoms with Gasteiger partial charge >= 0.3 is 5.97 Å². The van der Waals surface area contributed by atoms with Gasteiger partial charge in [0.25, 0.3) is 0 Å². The lowest BCUT2D eigenvalue weighted by molar-refractivity contribution is -0.143. The summed E-state index contributed by atoms with van der Waals surface area (Å²) in [4.78, 5) is 22.7. The topological polar surface area (TPSA) is 92.4 Å². The van der Waals surface area contributed by atoms with Gasteiger partial charge in [-0.1, -0.05) is 13.3 Å². The monoisotopic (exact) mass is 270 g/mol. The minimum atomic E-state index is -0.728. The molecule has 1 fully saturated rings. The van der Waals surface area contributed by atoms with Gasteiger partial charge in [0.15, 0.2) is 0 Å². The molecule has 19 heavy (non-hydrogen) atoms. The summed E-state index contributed by atoms with van der Waals surface area (Å²) in [6.45, 7) is 3.25. The first-order valence-corrected chi connectivity index (χ1v) is 7.24. The lowest BCUT2D eigenvalue weighted by Crippen LogP contribution is -2.33. The Morgan fingerprint density at radius 1 is 1.37 bits per heavy atom. The fourth-order valence-corrected chi connectivity index (χ4v) is 2.75. The van der Waals surface area contributed by atoms with Crippen LogP contribution in [0.5, 0.6) is 0 Å². The van der Waals surface area contributed by atoms with Crippen LogP contribution in [0.25, 0.3) is 0 Å². The number of rotatable bonds is 8. The van der Waals surface area contributed by atoms with E-state index in [1.54, 1.807) is 0 Å². The summed E-state index contributed by atoms with van der Waals surface area (Å²) >= 11 is 0. The SMILES string of the molecule is CC(CCN)CCC(=O)NCC1CCCC1C(=O)O. The second-order valence-electron chi connectivity index (χ2n) is 5.66. The van der Waals surface area contributed by atoms with Crippen LogP contribution in [0.3, 0.4) is 0 Å². The normalized spacial score (nSPS) is 24.1. The van der Waals surface area contributed by atoms with E-state index in [0.717, 1.165) is 32.1 Å². The Morgan fingerprint density at radius 3 is 2.74 bits per heavy atom. The van der Waals surface area contributed by atoms with Crippen LogP contribution in [0.1, 0.15) is 45.4 Å². The third-order valence-corrected chi connectivity index (χ3v) is 4.06. The number of nitrogens with two attached hydrogens (primary N) is 1. The maximum atomic E-state index is 11.7. The van der Waals surface area contributed by atoms with Crippen molar-refractivity contribution in [1.82, 2.24) is 5.32 Å². The van der Waals surface area contributed by atoms with E-state index in [0.29, 0.717) is 25.4 Å². The quantitative estimate of drug-likeness (QED) is 0.621. The Morgan fingerprint density at radius 2 is 2.11 bits per heavy atom. The third-order valence-electron chi connectivity index (χ3n) is 4.06. The molecule has 0 aromatic carbocycles. The van der Waals surface area contributed by atoms with Gasteiger partial charge in [-0.05, 0) is 44.1 Å². The van der Waals surface area contributed by atoms with Gasteiger partial charge in [0.05, 0.1) is 5.92 Å². The van der Waals surface area contributed by atoms with Gasteiger partial charge in [-0.15, -0.1) is 0 Å². The second kappa shape index (κ2) is 8.15. The molecule has 0 spiro atoms. The van der Waals surface area contributed by atoms with E-state index in [-0.39, 0.29) is 17.7 Å². The highest BCUT2D eigenvalue weighted by Gasteiger charge is 2.32. The number of carboxylic acids is 1. The third kappa shape index (κ3) is 5.59. The summed E-state index contributed by atoms with van der Waals surface area (Å²) in [6.07, 6.45) is 4.88. The molecule has 0 aliphatic heterocycles. The van der Waals surface area contributed by atoms with Crippen LogP contribution in [0.15, 0.2) is 0 Å². The molecule has 0 radical (unpaired) electrons. The summed E-state index contributed by atoms with van der Waals surface area (Å²) in [6, 6.07) is 0. The van der Waals surface area contributed by atoms with Crippen molar-refractivity contribution in [3.63, 3.8) is 0 Å². The molecule has 3 unspecified atom stereocenters. The van der Waals surface area contributed by atoms with E-state index in [9.17, 15) is 9.59 Å². The van der Waals surface area contributed by atoms with E-state index in [1.165, 1.54) is 0 Å². The van der Waals surface area contributed by atoms with Crippen molar-refractivity contribution in [3.05, 3.63) is 0 Å². The zero-order valence-corrected chi connectivity index (χ0v) is 11.7. The average molecular weight is 270 g/mol. The van der Waals surface area contributed by atoms with Crippen molar-refractivity contribution >= 4 is 11.9 Å². The van der Waals surface area contributed by atoms with Crippen LogP contribution in [-0.2, 0) is 9.59 Å². The fraction of sp³-hybridized carbons (Fsp3) is 0.857. The molecule has 5 heteroatoms. The van der Waals surface area contributed by atoms with Gasteiger partial charge < -0.3 is 16.2 Å². The van der Waals surface area contributed by atoms with Gasteiger partial charge in [0.2, 0.25) is 5.91 Å². The molecule has 0 heterocycles. The summed E-state index contributed by atoms with van der Waals surface area (Å²) in [7, 11) is 0. The fourth-order valence-electron chi connectivity index (χ4n) is 2.75. The van der Waals surface area contributed by atoms with Gasteiger partial charge in [0.1, 0.15) is 0 Å². The van der Waals surface area contributed by atoms with Crippen LogP contribution >= 0.6 is 0 Å². The number of carbonyl (C=O) groups is 2. The highest BCUT2D eigenvalue weighted by Crippen LogP contribution is 2.31. The van der Waals surface area contributed by atoms with Gasteiger partial charge in [-0.25, -0.2) is 0 Å². The highest BCUT2D eigenvalue weighted by atomic mass is 16.4. The Labute approximate surface area is 114 Å². The van der Waals surface area contributed by atoms with Crippen molar-refractivity contribution < 1.29 is 14.7 Å². The summed E-state index contributed by atoms with van der Waals surface area (Å²) in [5.74, 6) is -0.415. The number of carboxylic acid groups (broad SMARTS) is 1. The van der Waals surface area contributed by atoms with Crippen molar-refractivity contribution in [2.45, 2.75) is 45.4 Å². The van der Waals surface area contributed by atoms with Crippen LogP contribution < -0.4 is 11.1 Å². The molecule has 110 valence electrons. The van der Waals surface area contributed by atoms with Crippen LogP contribution in [0.2, 0.25) is 0 Å². The lowest BCUT2D eigenvalue weighted by Gasteiger charge is -2.16. The molecule has 0 aromatic rings. The summed E-state index contributed by atoms with van der Waals surface area (Å²) in [5, 5.41) is 11.9. The zero-order valence-electron chi connectivity index (χ0n) is 11.7. The molecule has 1 amide bonds. The van der Waals surface area contributed by atoms with Crippen molar-refractivity contribution in [3.8, 4) is 0 Å². The van der Waals surface area contributed by atoms with Crippen LogP contribution in [-0.4, -0.2) is 30.1 Å².